The standard InChI is InChI=1S/C19H27F3N4O2.HI/c1-14-6-7-15(16(10-14)28-13-19(20,21)22)11-24-18(23-2)25-12-17(27)26-8-4-3-5-9-26;/h6-7,10H,3-5,8-9,11-13H2,1-2H3,(H2,23,24,25);1H. The Hall–Kier alpha value is -1.72. The van der Waals surface area contributed by atoms with E-state index < -0.39 is 12.8 Å². The summed E-state index contributed by atoms with van der Waals surface area (Å²) in [5.41, 5.74) is 1.37. The molecule has 1 saturated heterocycles. The highest BCUT2D eigenvalue weighted by molar-refractivity contribution is 14.0. The van der Waals surface area contributed by atoms with Crippen LogP contribution >= 0.6 is 24.0 Å². The van der Waals surface area contributed by atoms with E-state index >= 15 is 0 Å². The van der Waals surface area contributed by atoms with Crippen molar-refractivity contribution in [3.05, 3.63) is 29.3 Å². The molecule has 0 radical (unpaired) electrons. The fraction of sp³-hybridized carbons (Fsp3) is 0.579. The molecule has 10 heteroatoms. The second-order valence-corrected chi connectivity index (χ2v) is 6.74. The number of carbonyl (C=O) groups is 1. The monoisotopic (exact) mass is 528 g/mol. The number of piperidine rings is 1. The van der Waals surface area contributed by atoms with E-state index in [1.54, 1.807) is 32.2 Å². The van der Waals surface area contributed by atoms with Gasteiger partial charge >= 0.3 is 6.18 Å². The Morgan fingerprint density at radius 1 is 1.21 bits per heavy atom. The van der Waals surface area contributed by atoms with Gasteiger partial charge in [-0.1, -0.05) is 12.1 Å². The third-order valence-electron chi connectivity index (χ3n) is 4.40. The van der Waals surface area contributed by atoms with E-state index in [0.717, 1.165) is 37.9 Å². The molecule has 1 amide bonds. The molecule has 1 fully saturated rings. The van der Waals surface area contributed by atoms with Crippen molar-refractivity contribution in [1.82, 2.24) is 15.5 Å². The molecule has 1 heterocycles. The van der Waals surface area contributed by atoms with Gasteiger partial charge in [-0.15, -0.1) is 24.0 Å². The second kappa shape index (κ2) is 12.1. The molecule has 0 atom stereocenters. The van der Waals surface area contributed by atoms with Gasteiger partial charge in [-0.2, -0.15) is 13.2 Å². The maximum atomic E-state index is 12.5. The molecule has 1 aromatic rings. The number of halogens is 4. The normalized spacial score (nSPS) is 14.8. The van der Waals surface area contributed by atoms with Crippen LogP contribution in [0, 0.1) is 6.92 Å². The molecule has 164 valence electrons. The maximum absolute atomic E-state index is 12.5. The van der Waals surface area contributed by atoms with Crippen LogP contribution in [-0.4, -0.2) is 56.2 Å². The number of carbonyl (C=O) groups excluding carboxylic acids is 1. The Balaban J connectivity index is 0.00000420. The van der Waals surface area contributed by atoms with Crippen molar-refractivity contribution in [3.63, 3.8) is 0 Å². The number of rotatable bonds is 6. The third kappa shape index (κ3) is 9.09. The highest BCUT2D eigenvalue weighted by atomic mass is 127. The highest BCUT2D eigenvalue weighted by Gasteiger charge is 2.28. The predicted molar refractivity (Wildman–Crippen MR) is 117 cm³/mol. The molecule has 2 rings (SSSR count). The molecule has 0 saturated carbocycles. The topological polar surface area (TPSA) is 66.0 Å². The zero-order chi connectivity index (χ0) is 20.6. The van der Waals surface area contributed by atoms with Gasteiger partial charge in [0.15, 0.2) is 12.6 Å². The van der Waals surface area contributed by atoms with E-state index in [9.17, 15) is 18.0 Å². The number of amides is 1. The summed E-state index contributed by atoms with van der Waals surface area (Å²) in [6.07, 6.45) is -1.21. The van der Waals surface area contributed by atoms with Crippen molar-refractivity contribution in [2.24, 2.45) is 4.99 Å². The summed E-state index contributed by atoms with van der Waals surface area (Å²) in [6.45, 7) is 2.31. The van der Waals surface area contributed by atoms with Crippen LogP contribution in [0.25, 0.3) is 0 Å². The fourth-order valence-electron chi connectivity index (χ4n) is 2.92. The number of ether oxygens (including phenoxy) is 1. The molecule has 2 N–H and O–H groups in total. The quantitative estimate of drug-likeness (QED) is 0.338. The number of guanidine groups is 1. The third-order valence-corrected chi connectivity index (χ3v) is 4.40. The number of aryl methyl sites for hydroxylation is 1. The summed E-state index contributed by atoms with van der Waals surface area (Å²) >= 11 is 0. The van der Waals surface area contributed by atoms with Crippen molar-refractivity contribution in [1.29, 1.82) is 0 Å². The zero-order valence-corrected chi connectivity index (χ0v) is 19.0. The Morgan fingerprint density at radius 3 is 2.52 bits per heavy atom. The van der Waals surface area contributed by atoms with Gasteiger partial charge in [0.25, 0.3) is 0 Å². The first-order valence-electron chi connectivity index (χ1n) is 9.30. The number of nitrogens with zero attached hydrogens (tertiary/aromatic N) is 2. The molecule has 1 aliphatic heterocycles. The summed E-state index contributed by atoms with van der Waals surface area (Å²) in [5.74, 6) is 0.574. The lowest BCUT2D eigenvalue weighted by Crippen LogP contribution is -2.45. The molecule has 1 aromatic carbocycles. The van der Waals surface area contributed by atoms with E-state index in [2.05, 4.69) is 15.6 Å². The average molecular weight is 528 g/mol. The fourth-order valence-corrected chi connectivity index (χ4v) is 2.92. The highest BCUT2D eigenvalue weighted by Crippen LogP contribution is 2.23. The number of likely N-dealkylation sites (tertiary alicyclic amines) is 1. The lowest BCUT2D eigenvalue weighted by molar-refractivity contribution is -0.153. The summed E-state index contributed by atoms with van der Waals surface area (Å²) in [7, 11) is 1.57. The predicted octanol–water partition coefficient (Wildman–Crippen LogP) is 3.23. The van der Waals surface area contributed by atoms with Gasteiger partial charge in [-0.25, -0.2) is 0 Å². The number of hydrogen-bond donors (Lipinski definition) is 2. The number of benzene rings is 1. The van der Waals surface area contributed by atoms with Gasteiger partial charge in [-0.05, 0) is 37.8 Å². The molecular weight excluding hydrogens is 500 g/mol. The average Bonchev–Trinajstić information content (AvgIpc) is 2.67. The number of nitrogens with one attached hydrogen (secondary N) is 2. The largest absolute Gasteiger partial charge is 0.484 e. The molecule has 0 aromatic heterocycles. The van der Waals surface area contributed by atoms with Crippen molar-refractivity contribution in [3.8, 4) is 5.75 Å². The first-order valence-corrected chi connectivity index (χ1v) is 9.30. The Labute approximate surface area is 186 Å². The second-order valence-electron chi connectivity index (χ2n) is 6.74. The van der Waals surface area contributed by atoms with Crippen LogP contribution in [0.1, 0.15) is 30.4 Å². The minimum Gasteiger partial charge on any atom is -0.484 e. The molecule has 0 spiro atoms. The zero-order valence-electron chi connectivity index (χ0n) is 16.6. The summed E-state index contributed by atoms with van der Waals surface area (Å²) in [4.78, 5) is 18.1. The summed E-state index contributed by atoms with van der Waals surface area (Å²) < 4.78 is 42.3. The van der Waals surface area contributed by atoms with Gasteiger partial charge < -0.3 is 20.3 Å². The molecule has 1 aliphatic rings. The van der Waals surface area contributed by atoms with Crippen molar-refractivity contribution >= 4 is 35.8 Å². The maximum Gasteiger partial charge on any atom is 0.422 e. The number of aliphatic imine (C=N–C) groups is 1. The van der Waals surface area contributed by atoms with Gasteiger partial charge in [0.1, 0.15) is 5.75 Å². The molecule has 0 aliphatic carbocycles. The van der Waals surface area contributed by atoms with Crippen LogP contribution in [0.2, 0.25) is 0 Å². The van der Waals surface area contributed by atoms with Crippen LogP contribution in [-0.2, 0) is 11.3 Å². The molecular formula is C19H28F3IN4O2. The van der Waals surface area contributed by atoms with E-state index in [1.807, 2.05) is 4.90 Å². The summed E-state index contributed by atoms with van der Waals surface area (Å²) in [6, 6.07) is 5.08. The first kappa shape index (κ1) is 25.3. The molecule has 0 bridgehead atoms. The summed E-state index contributed by atoms with van der Waals surface area (Å²) in [5, 5.41) is 5.96. The molecule has 6 nitrogen and oxygen atoms in total. The van der Waals surface area contributed by atoms with E-state index in [1.165, 1.54) is 0 Å². The first-order chi connectivity index (χ1) is 13.3. The number of hydrogen-bond acceptors (Lipinski definition) is 3. The van der Waals surface area contributed by atoms with Crippen LogP contribution in [0.5, 0.6) is 5.75 Å². The molecule has 29 heavy (non-hydrogen) atoms. The van der Waals surface area contributed by atoms with Crippen LogP contribution in [0.4, 0.5) is 13.2 Å². The van der Waals surface area contributed by atoms with Crippen molar-refractivity contribution < 1.29 is 22.7 Å². The SMILES string of the molecule is CN=C(NCC(=O)N1CCCCC1)NCc1ccc(C)cc1OCC(F)(F)F.I. The number of alkyl halides is 3. The Kier molecular flexibility index (Phi) is 10.5. The van der Waals surface area contributed by atoms with Crippen molar-refractivity contribution in [2.75, 3.05) is 33.3 Å². The van der Waals surface area contributed by atoms with Crippen LogP contribution in [0.3, 0.4) is 0 Å². The lowest BCUT2D eigenvalue weighted by Gasteiger charge is -2.27. The Bertz CT molecular complexity index is 693. The molecule has 0 unspecified atom stereocenters. The van der Waals surface area contributed by atoms with Crippen LogP contribution < -0.4 is 15.4 Å². The van der Waals surface area contributed by atoms with Crippen LogP contribution in [0.15, 0.2) is 23.2 Å². The lowest BCUT2D eigenvalue weighted by atomic mass is 10.1. The van der Waals surface area contributed by atoms with Gasteiger partial charge in [0.2, 0.25) is 5.91 Å². The minimum atomic E-state index is -4.40. The van der Waals surface area contributed by atoms with E-state index in [4.69, 9.17) is 4.74 Å². The van der Waals surface area contributed by atoms with E-state index in [0.29, 0.717) is 11.5 Å². The minimum absolute atomic E-state index is 0. The van der Waals surface area contributed by atoms with E-state index in [-0.39, 0.29) is 48.7 Å². The van der Waals surface area contributed by atoms with Gasteiger partial charge in [0.05, 0.1) is 6.54 Å². The Morgan fingerprint density at radius 2 is 1.90 bits per heavy atom. The smallest absolute Gasteiger partial charge is 0.422 e. The van der Waals surface area contributed by atoms with Gasteiger partial charge in [-0.3, -0.25) is 9.79 Å². The van der Waals surface area contributed by atoms with Crippen molar-refractivity contribution in [2.45, 2.75) is 38.9 Å². The van der Waals surface area contributed by atoms with Gasteiger partial charge in [0, 0.05) is 32.2 Å².